The number of amides is 3. The molecule has 0 saturated carbocycles. The van der Waals surface area contributed by atoms with Gasteiger partial charge in [0.15, 0.2) is 0 Å². The van der Waals surface area contributed by atoms with Crippen LogP contribution in [0.25, 0.3) is 10.8 Å². The van der Waals surface area contributed by atoms with Crippen molar-refractivity contribution in [1.82, 2.24) is 30.9 Å². The maximum absolute atomic E-state index is 12.9. The number of hydrogen-bond acceptors (Lipinski definition) is 11. The summed E-state index contributed by atoms with van der Waals surface area (Å²) in [5, 5.41) is 41.2. The molecule has 18 nitrogen and oxygen atoms in total. The van der Waals surface area contributed by atoms with Crippen LogP contribution in [0.4, 0.5) is 0 Å². The van der Waals surface area contributed by atoms with Gasteiger partial charge in [0.2, 0.25) is 5.91 Å². The Morgan fingerprint density at radius 3 is 1.62 bits per heavy atom. The molecule has 0 aromatic heterocycles. The van der Waals surface area contributed by atoms with Gasteiger partial charge in [-0.05, 0) is 47.0 Å². The maximum Gasteiger partial charge on any atom is 0.317 e. The monoisotopic (exact) mass is 737 g/mol. The fraction of sp³-hybridized carbons (Fsp3) is 0.343. The van der Waals surface area contributed by atoms with E-state index in [-0.39, 0.29) is 44.8 Å². The molecule has 3 amide bonds. The van der Waals surface area contributed by atoms with Crippen molar-refractivity contribution < 1.29 is 54.0 Å². The normalized spacial score (nSPS) is 12.3. The standard InChI is InChI=1S/C35H43N7O11/c1-35(36,27-11-10-24-4-2-3-5-26(24)16-27)34(53)39-38-33(52)25-8-6-23(7-9-25)17-37-28(43)18-40(12-14-41(19-29(44)45)20-30(46)47)13-15-42(21-31(48)49)22-32(50)51/h2-11,16H,12-15,17-22,36H2,1H3,(H,37,43)(H,38,52)(H,39,53)(H,44,45)(H,46,47)(H,48,49)(H,50,51)/t35-/m1/s1. The molecular formula is C35H43N7O11. The molecule has 3 aromatic rings. The number of hydrazine groups is 1. The summed E-state index contributed by atoms with van der Waals surface area (Å²) in [6.45, 7) is -1.11. The zero-order valence-electron chi connectivity index (χ0n) is 29.0. The highest BCUT2D eigenvalue weighted by atomic mass is 16.4. The number of nitrogens with one attached hydrogen (secondary N) is 3. The predicted octanol–water partition coefficient (Wildman–Crippen LogP) is -0.664. The van der Waals surface area contributed by atoms with Gasteiger partial charge >= 0.3 is 23.9 Å². The number of nitrogens with two attached hydrogens (primary N) is 1. The Labute approximate surface area is 304 Å². The predicted molar refractivity (Wildman–Crippen MR) is 189 cm³/mol. The minimum Gasteiger partial charge on any atom is -0.480 e. The Bertz CT molecular complexity index is 1730. The summed E-state index contributed by atoms with van der Waals surface area (Å²) in [5.74, 6) is -6.76. The Balaban J connectivity index is 1.57. The molecule has 53 heavy (non-hydrogen) atoms. The van der Waals surface area contributed by atoms with Crippen LogP contribution in [0, 0.1) is 0 Å². The molecule has 0 heterocycles. The third-order valence-electron chi connectivity index (χ3n) is 8.08. The van der Waals surface area contributed by atoms with Crippen LogP contribution in [0.5, 0.6) is 0 Å². The number of rotatable bonds is 21. The van der Waals surface area contributed by atoms with Crippen molar-refractivity contribution in [3.8, 4) is 0 Å². The van der Waals surface area contributed by atoms with Crippen LogP contribution in [0.15, 0.2) is 66.7 Å². The van der Waals surface area contributed by atoms with Crippen molar-refractivity contribution in [3.63, 3.8) is 0 Å². The van der Waals surface area contributed by atoms with Gasteiger partial charge in [0.1, 0.15) is 5.54 Å². The topological polar surface area (TPSA) is 272 Å². The molecule has 3 aromatic carbocycles. The SMILES string of the molecule is C[C@](N)(C(=O)NNC(=O)c1ccc(CNC(=O)CN(CCN(CC(=O)O)CC(=O)O)CCN(CC(=O)O)CC(=O)O)cc1)c1ccc2ccccc2c1. The van der Waals surface area contributed by atoms with E-state index < -0.39 is 73.3 Å². The Morgan fingerprint density at radius 2 is 1.11 bits per heavy atom. The molecule has 18 heteroatoms. The number of carboxylic acids is 4. The van der Waals surface area contributed by atoms with Crippen molar-refractivity contribution in [2.75, 3.05) is 58.9 Å². The number of benzene rings is 3. The minimum atomic E-state index is -1.46. The third-order valence-corrected chi connectivity index (χ3v) is 8.08. The van der Waals surface area contributed by atoms with Gasteiger partial charge < -0.3 is 31.5 Å². The summed E-state index contributed by atoms with van der Waals surface area (Å²) in [6.07, 6.45) is 0. The molecule has 1 atom stereocenters. The molecule has 0 fully saturated rings. The number of nitrogens with zero attached hydrogens (tertiary/aromatic N) is 3. The molecule has 9 N–H and O–H groups in total. The summed E-state index contributed by atoms with van der Waals surface area (Å²) in [6, 6.07) is 19.2. The van der Waals surface area contributed by atoms with Crippen molar-refractivity contribution in [3.05, 3.63) is 83.4 Å². The number of fused-ring (bicyclic) bond motifs is 1. The van der Waals surface area contributed by atoms with E-state index in [1.54, 1.807) is 18.2 Å². The fourth-order valence-corrected chi connectivity index (χ4v) is 5.22. The van der Waals surface area contributed by atoms with E-state index >= 15 is 0 Å². The molecule has 0 bridgehead atoms. The van der Waals surface area contributed by atoms with Crippen LogP contribution >= 0.6 is 0 Å². The van der Waals surface area contributed by atoms with Crippen LogP contribution in [0.1, 0.15) is 28.4 Å². The highest BCUT2D eigenvalue weighted by Gasteiger charge is 2.31. The van der Waals surface area contributed by atoms with E-state index in [9.17, 15) is 33.6 Å². The molecule has 0 saturated heterocycles. The maximum atomic E-state index is 12.9. The minimum absolute atomic E-state index is 0.00781. The molecule has 0 aliphatic rings. The summed E-state index contributed by atoms with van der Waals surface area (Å²) in [4.78, 5) is 87.3. The van der Waals surface area contributed by atoms with E-state index in [1.807, 2.05) is 36.4 Å². The second kappa shape index (κ2) is 19.6. The number of aliphatic carboxylic acids is 4. The van der Waals surface area contributed by atoms with Gasteiger partial charge in [-0.3, -0.25) is 59.1 Å². The van der Waals surface area contributed by atoms with Crippen molar-refractivity contribution in [2.45, 2.75) is 19.0 Å². The highest BCUT2D eigenvalue weighted by Crippen LogP contribution is 2.23. The van der Waals surface area contributed by atoms with Gasteiger partial charge in [0.25, 0.3) is 11.8 Å². The Morgan fingerprint density at radius 1 is 0.623 bits per heavy atom. The van der Waals surface area contributed by atoms with Gasteiger partial charge in [-0.25, -0.2) is 0 Å². The number of hydrogen-bond donors (Lipinski definition) is 8. The highest BCUT2D eigenvalue weighted by molar-refractivity contribution is 5.97. The molecule has 0 aliphatic carbocycles. The van der Waals surface area contributed by atoms with Crippen molar-refractivity contribution >= 4 is 52.4 Å². The van der Waals surface area contributed by atoms with E-state index in [1.165, 1.54) is 24.0 Å². The molecule has 0 unspecified atom stereocenters. The molecule has 0 aliphatic heterocycles. The van der Waals surface area contributed by atoms with E-state index in [0.717, 1.165) is 20.6 Å². The quantitative estimate of drug-likeness (QED) is 0.0630. The van der Waals surface area contributed by atoms with E-state index in [4.69, 9.17) is 26.2 Å². The molecule has 284 valence electrons. The Kier molecular flexibility index (Phi) is 15.3. The first-order valence-electron chi connectivity index (χ1n) is 16.3. The second-order valence-corrected chi connectivity index (χ2v) is 12.4. The average Bonchev–Trinajstić information content (AvgIpc) is 3.09. The molecule has 3 rings (SSSR count). The van der Waals surface area contributed by atoms with Crippen LogP contribution < -0.4 is 21.9 Å². The first-order valence-corrected chi connectivity index (χ1v) is 16.3. The summed E-state index contributed by atoms with van der Waals surface area (Å²) in [5.41, 5.74) is 11.0. The Hall–Kier alpha value is -5.95. The molecule has 0 radical (unpaired) electrons. The van der Waals surface area contributed by atoms with Gasteiger partial charge in [-0.15, -0.1) is 0 Å². The zero-order valence-corrected chi connectivity index (χ0v) is 29.0. The van der Waals surface area contributed by atoms with Crippen molar-refractivity contribution in [1.29, 1.82) is 0 Å². The number of carbonyl (C=O) groups is 7. The largest absolute Gasteiger partial charge is 0.480 e. The lowest BCUT2D eigenvalue weighted by Crippen LogP contribution is -2.54. The molecular weight excluding hydrogens is 694 g/mol. The number of carbonyl (C=O) groups excluding carboxylic acids is 3. The van der Waals surface area contributed by atoms with Crippen LogP contribution in [0.2, 0.25) is 0 Å². The zero-order chi connectivity index (χ0) is 39.1. The average molecular weight is 738 g/mol. The van der Waals surface area contributed by atoms with Crippen LogP contribution in [-0.4, -0.2) is 136 Å². The smallest absolute Gasteiger partial charge is 0.317 e. The summed E-state index contributed by atoms with van der Waals surface area (Å²) >= 11 is 0. The van der Waals surface area contributed by atoms with Crippen molar-refractivity contribution in [2.24, 2.45) is 5.73 Å². The van der Waals surface area contributed by atoms with Gasteiger partial charge in [0, 0.05) is 38.3 Å². The third kappa shape index (κ3) is 13.9. The van der Waals surface area contributed by atoms with Crippen LogP contribution in [0.3, 0.4) is 0 Å². The fourth-order valence-electron chi connectivity index (χ4n) is 5.22. The first kappa shape index (κ1) is 41.5. The lowest BCUT2D eigenvalue weighted by molar-refractivity contribution is -0.143. The summed E-state index contributed by atoms with van der Waals surface area (Å²) < 4.78 is 0. The number of carboxylic acid groups (broad SMARTS) is 4. The van der Waals surface area contributed by atoms with E-state index in [0.29, 0.717) is 11.1 Å². The van der Waals surface area contributed by atoms with Crippen LogP contribution in [-0.2, 0) is 40.9 Å². The van der Waals surface area contributed by atoms with E-state index in [2.05, 4.69) is 16.2 Å². The van der Waals surface area contributed by atoms with Gasteiger partial charge in [-0.2, -0.15) is 0 Å². The lowest BCUT2D eigenvalue weighted by Gasteiger charge is -2.28. The molecule has 0 spiro atoms. The second-order valence-electron chi connectivity index (χ2n) is 12.4. The van der Waals surface area contributed by atoms with Gasteiger partial charge in [0.05, 0.1) is 32.7 Å². The lowest BCUT2D eigenvalue weighted by atomic mass is 9.90. The van der Waals surface area contributed by atoms with Gasteiger partial charge in [-0.1, -0.05) is 48.5 Å². The summed E-state index contributed by atoms with van der Waals surface area (Å²) in [7, 11) is 0. The first-order chi connectivity index (χ1) is 25.0.